The number of nitrogens with one attached hydrogen (secondary N) is 2. The molecule has 2 aromatic carbocycles. The highest BCUT2D eigenvalue weighted by Crippen LogP contribution is 2.28. The molecular formula is C26H31N3O3. The van der Waals surface area contributed by atoms with Gasteiger partial charge in [0.1, 0.15) is 6.04 Å². The van der Waals surface area contributed by atoms with Crippen LogP contribution in [0, 0.1) is 5.92 Å². The summed E-state index contributed by atoms with van der Waals surface area (Å²) in [5.41, 5.74) is 2.96. The molecule has 0 radical (unpaired) electrons. The van der Waals surface area contributed by atoms with Gasteiger partial charge in [-0.25, -0.2) is 0 Å². The Kier molecular flexibility index (Phi) is 6.58. The monoisotopic (exact) mass is 433 g/mol. The molecule has 1 heterocycles. The lowest BCUT2D eigenvalue weighted by Gasteiger charge is -2.21. The molecule has 1 aliphatic heterocycles. The summed E-state index contributed by atoms with van der Waals surface area (Å²) in [6.45, 7) is 4.55. The van der Waals surface area contributed by atoms with Crippen molar-refractivity contribution in [1.82, 2.24) is 10.6 Å². The number of carbonyl (C=O) groups is 3. The maximum absolute atomic E-state index is 13.1. The quantitative estimate of drug-likeness (QED) is 0.671. The Morgan fingerprint density at radius 3 is 2.50 bits per heavy atom. The summed E-state index contributed by atoms with van der Waals surface area (Å²) in [5.74, 6) is -0.580. The number of carbonyl (C=O) groups excluding carboxylic acids is 3. The van der Waals surface area contributed by atoms with Crippen LogP contribution in [0.3, 0.4) is 0 Å². The van der Waals surface area contributed by atoms with Gasteiger partial charge < -0.3 is 15.5 Å². The molecule has 6 heteroatoms. The molecule has 1 saturated heterocycles. The number of hydrogen-bond acceptors (Lipinski definition) is 3. The fourth-order valence-electron chi connectivity index (χ4n) is 4.06. The third-order valence-corrected chi connectivity index (χ3v) is 6.18. The van der Waals surface area contributed by atoms with Crippen molar-refractivity contribution >= 4 is 23.4 Å². The summed E-state index contributed by atoms with van der Waals surface area (Å²) >= 11 is 0. The Bertz CT molecular complexity index is 985. The van der Waals surface area contributed by atoms with E-state index in [2.05, 4.69) is 24.5 Å². The Labute approximate surface area is 189 Å². The van der Waals surface area contributed by atoms with Crippen molar-refractivity contribution in [3.8, 4) is 0 Å². The molecule has 2 aromatic rings. The van der Waals surface area contributed by atoms with E-state index in [-0.39, 0.29) is 30.2 Å². The largest absolute Gasteiger partial charge is 0.352 e. The first-order valence-corrected chi connectivity index (χ1v) is 11.5. The minimum Gasteiger partial charge on any atom is -0.352 e. The minimum absolute atomic E-state index is 0.0619. The van der Waals surface area contributed by atoms with Crippen LogP contribution in [0.25, 0.3) is 0 Å². The maximum atomic E-state index is 13.1. The number of anilines is 1. The second kappa shape index (κ2) is 9.55. The third-order valence-electron chi connectivity index (χ3n) is 6.18. The molecule has 2 N–H and O–H groups in total. The smallest absolute Gasteiger partial charge is 0.243 e. The van der Waals surface area contributed by atoms with Crippen LogP contribution in [0.15, 0.2) is 54.6 Å². The van der Waals surface area contributed by atoms with Gasteiger partial charge in [-0.15, -0.1) is 0 Å². The zero-order valence-corrected chi connectivity index (χ0v) is 18.7. The molecular weight excluding hydrogens is 402 g/mol. The number of rotatable bonds is 8. The molecule has 4 rings (SSSR count). The van der Waals surface area contributed by atoms with E-state index in [0.29, 0.717) is 18.9 Å². The highest BCUT2D eigenvalue weighted by Gasteiger charge is 2.37. The van der Waals surface area contributed by atoms with Gasteiger partial charge in [0.15, 0.2) is 0 Å². The van der Waals surface area contributed by atoms with Gasteiger partial charge in [-0.05, 0) is 42.0 Å². The number of amides is 3. The van der Waals surface area contributed by atoms with Gasteiger partial charge >= 0.3 is 0 Å². The molecule has 168 valence electrons. The molecule has 1 saturated carbocycles. The zero-order valence-electron chi connectivity index (χ0n) is 18.7. The lowest BCUT2D eigenvalue weighted by molar-refractivity contribution is -0.131. The van der Waals surface area contributed by atoms with E-state index in [4.69, 9.17) is 0 Å². The average molecular weight is 434 g/mol. The van der Waals surface area contributed by atoms with Crippen molar-refractivity contribution < 1.29 is 14.4 Å². The first-order valence-electron chi connectivity index (χ1n) is 11.5. The zero-order chi connectivity index (χ0) is 22.7. The van der Waals surface area contributed by atoms with E-state index < -0.39 is 12.0 Å². The van der Waals surface area contributed by atoms with Gasteiger partial charge in [-0.2, -0.15) is 0 Å². The summed E-state index contributed by atoms with van der Waals surface area (Å²) in [6, 6.07) is 17.2. The van der Waals surface area contributed by atoms with Crippen molar-refractivity contribution in [1.29, 1.82) is 0 Å². The van der Waals surface area contributed by atoms with Gasteiger partial charge in [0, 0.05) is 31.1 Å². The van der Waals surface area contributed by atoms with E-state index in [0.717, 1.165) is 29.7 Å². The molecule has 1 aliphatic carbocycles. The number of nitrogens with zero attached hydrogens (tertiary/aromatic N) is 1. The van der Waals surface area contributed by atoms with Gasteiger partial charge in [0.25, 0.3) is 0 Å². The molecule has 3 amide bonds. The molecule has 0 spiro atoms. The molecule has 2 unspecified atom stereocenters. The number of benzene rings is 2. The van der Waals surface area contributed by atoms with Crippen LogP contribution >= 0.6 is 0 Å². The fraction of sp³-hybridized carbons (Fsp3) is 0.423. The summed E-state index contributed by atoms with van der Waals surface area (Å²) in [6.07, 6.45) is 2.55. The summed E-state index contributed by atoms with van der Waals surface area (Å²) < 4.78 is 0. The predicted molar refractivity (Wildman–Crippen MR) is 124 cm³/mol. The Balaban J connectivity index is 1.44. The number of hydrogen-bond donors (Lipinski definition) is 2. The first kappa shape index (κ1) is 22.1. The van der Waals surface area contributed by atoms with Crippen molar-refractivity contribution in [2.24, 2.45) is 5.92 Å². The third kappa shape index (κ3) is 5.36. The Hall–Kier alpha value is -3.15. The van der Waals surface area contributed by atoms with Crippen LogP contribution in [0.4, 0.5) is 5.69 Å². The SMILES string of the molecule is CC(C)c1cccc(N2CC(C(=O)NC(Cc3ccccc3)C(=O)NC3CC3)CC2=O)c1. The highest BCUT2D eigenvalue weighted by atomic mass is 16.2. The molecule has 2 fully saturated rings. The lowest BCUT2D eigenvalue weighted by atomic mass is 10.0. The lowest BCUT2D eigenvalue weighted by Crippen LogP contribution is -2.50. The molecule has 2 aliphatic rings. The first-order chi connectivity index (χ1) is 15.4. The van der Waals surface area contributed by atoms with Crippen LogP contribution in [0.5, 0.6) is 0 Å². The summed E-state index contributed by atoms with van der Waals surface area (Å²) in [5, 5.41) is 5.93. The van der Waals surface area contributed by atoms with E-state index in [1.807, 2.05) is 54.6 Å². The van der Waals surface area contributed by atoms with Crippen LogP contribution in [0.2, 0.25) is 0 Å². The van der Waals surface area contributed by atoms with Gasteiger partial charge in [-0.3, -0.25) is 14.4 Å². The average Bonchev–Trinajstić information content (AvgIpc) is 3.52. The van der Waals surface area contributed by atoms with Gasteiger partial charge in [-0.1, -0.05) is 56.3 Å². The molecule has 6 nitrogen and oxygen atoms in total. The van der Waals surface area contributed by atoms with Crippen molar-refractivity contribution in [2.45, 2.75) is 57.5 Å². The van der Waals surface area contributed by atoms with Crippen molar-refractivity contribution in [2.75, 3.05) is 11.4 Å². The van der Waals surface area contributed by atoms with E-state index >= 15 is 0 Å². The minimum atomic E-state index is -0.654. The molecule has 32 heavy (non-hydrogen) atoms. The van der Waals surface area contributed by atoms with E-state index in [1.165, 1.54) is 0 Å². The predicted octanol–water partition coefficient (Wildman–Crippen LogP) is 3.17. The molecule has 2 atom stereocenters. The van der Waals surface area contributed by atoms with Gasteiger partial charge in [0.05, 0.1) is 5.92 Å². The summed E-state index contributed by atoms with van der Waals surface area (Å²) in [4.78, 5) is 40.3. The highest BCUT2D eigenvalue weighted by molar-refractivity contribution is 6.01. The second-order valence-electron chi connectivity index (χ2n) is 9.19. The van der Waals surface area contributed by atoms with Crippen LogP contribution in [-0.4, -0.2) is 36.3 Å². The normalized spacial score (nSPS) is 19.2. The maximum Gasteiger partial charge on any atom is 0.243 e. The van der Waals surface area contributed by atoms with E-state index in [1.54, 1.807) is 4.90 Å². The second-order valence-corrected chi connectivity index (χ2v) is 9.19. The molecule has 0 aromatic heterocycles. The fourth-order valence-corrected chi connectivity index (χ4v) is 4.06. The summed E-state index contributed by atoms with van der Waals surface area (Å²) in [7, 11) is 0. The Morgan fingerprint density at radius 1 is 1.06 bits per heavy atom. The molecule has 0 bridgehead atoms. The van der Waals surface area contributed by atoms with Crippen LogP contribution in [-0.2, 0) is 20.8 Å². The van der Waals surface area contributed by atoms with E-state index in [9.17, 15) is 14.4 Å². The Morgan fingerprint density at radius 2 is 1.81 bits per heavy atom. The van der Waals surface area contributed by atoms with Crippen LogP contribution < -0.4 is 15.5 Å². The van der Waals surface area contributed by atoms with Crippen LogP contribution in [0.1, 0.15) is 50.2 Å². The van der Waals surface area contributed by atoms with Crippen molar-refractivity contribution in [3.63, 3.8) is 0 Å². The van der Waals surface area contributed by atoms with Gasteiger partial charge in [0.2, 0.25) is 17.7 Å². The van der Waals surface area contributed by atoms with Crippen molar-refractivity contribution in [3.05, 3.63) is 65.7 Å². The standard InChI is InChI=1S/C26H31N3O3/c1-17(2)19-9-6-10-22(14-19)29-16-20(15-24(29)30)25(31)28-23(26(32)27-21-11-12-21)13-18-7-4-3-5-8-18/h3-10,14,17,20-21,23H,11-13,15-16H2,1-2H3,(H,27,32)(H,28,31). The topological polar surface area (TPSA) is 78.5 Å².